The van der Waals surface area contributed by atoms with Crippen molar-refractivity contribution < 1.29 is 4.79 Å². The molecule has 1 atom stereocenters. The molecule has 18 heavy (non-hydrogen) atoms. The van der Waals surface area contributed by atoms with Crippen LogP contribution in [0, 0.1) is 6.92 Å². The lowest BCUT2D eigenvalue weighted by Crippen LogP contribution is -2.27. The molecule has 3 nitrogen and oxygen atoms in total. The second-order valence-corrected chi connectivity index (χ2v) is 4.30. The smallest absolute Gasteiger partial charge is 0.253 e. The number of hydrogen-bond acceptors (Lipinski definition) is 2. The van der Waals surface area contributed by atoms with Crippen LogP contribution in [-0.2, 0) is 0 Å². The average Bonchev–Trinajstić information content (AvgIpc) is 2.40. The molecule has 0 aliphatic heterocycles. The first-order chi connectivity index (χ1) is 8.68. The van der Waals surface area contributed by atoms with Gasteiger partial charge >= 0.3 is 0 Å². The zero-order chi connectivity index (χ0) is 13.0. The van der Waals surface area contributed by atoms with Gasteiger partial charge in [0, 0.05) is 12.4 Å². The van der Waals surface area contributed by atoms with Gasteiger partial charge in [0.1, 0.15) is 0 Å². The quantitative estimate of drug-likeness (QED) is 0.896. The Morgan fingerprint density at radius 1 is 1.22 bits per heavy atom. The summed E-state index contributed by atoms with van der Waals surface area (Å²) in [5.74, 6) is -0.0862. The lowest BCUT2D eigenvalue weighted by atomic mass is 10.1. The van der Waals surface area contributed by atoms with Gasteiger partial charge in [0.25, 0.3) is 5.91 Å². The summed E-state index contributed by atoms with van der Waals surface area (Å²) in [5, 5.41) is 2.97. The summed E-state index contributed by atoms with van der Waals surface area (Å²) in [5.41, 5.74) is 2.65. The predicted octanol–water partition coefficient (Wildman–Crippen LogP) is 2.88. The van der Waals surface area contributed by atoms with Crippen molar-refractivity contribution in [3.63, 3.8) is 0 Å². The number of rotatable bonds is 3. The number of aromatic nitrogens is 1. The van der Waals surface area contributed by atoms with E-state index in [0.717, 1.165) is 11.1 Å². The number of nitrogens with one attached hydrogen (secondary N) is 1. The van der Waals surface area contributed by atoms with E-state index in [4.69, 9.17) is 0 Å². The summed E-state index contributed by atoms with van der Waals surface area (Å²) in [6.45, 7) is 3.88. The lowest BCUT2D eigenvalue weighted by molar-refractivity contribution is 0.0939. The number of nitrogens with zero attached hydrogens (tertiary/aromatic N) is 1. The lowest BCUT2D eigenvalue weighted by Gasteiger charge is -2.14. The van der Waals surface area contributed by atoms with Gasteiger partial charge in [-0.05, 0) is 31.0 Å². The molecule has 0 fully saturated rings. The van der Waals surface area contributed by atoms with Crippen LogP contribution in [0.4, 0.5) is 0 Å². The highest BCUT2D eigenvalue weighted by molar-refractivity contribution is 5.95. The van der Waals surface area contributed by atoms with E-state index in [-0.39, 0.29) is 11.9 Å². The van der Waals surface area contributed by atoms with Gasteiger partial charge in [0.15, 0.2) is 0 Å². The van der Waals surface area contributed by atoms with Crippen molar-refractivity contribution >= 4 is 5.91 Å². The zero-order valence-corrected chi connectivity index (χ0v) is 10.6. The molecule has 0 spiro atoms. The van der Waals surface area contributed by atoms with Crippen molar-refractivity contribution in [2.45, 2.75) is 19.9 Å². The van der Waals surface area contributed by atoms with E-state index in [1.165, 1.54) is 0 Å². The van der Waals surface area contributed by atoms with Crippen molar-refractivity contribution in [3.8, 4) is 0 Å². The second kappa shape index (κ2) is 5.45. The summed E-state index contributed by atoms with van der Waals surface area (Å²) < 4.78 is 0. The Bertz CT molecular complexity index is 537. The minimum absolute atomic E-state index is 0.0155. The molecule has 1 aromatic carbocycles. The Kier molecular flexibility index (Phi) is 3.72. The molecular formula is C15H16N2O. The summed E-state index contributed by atoms with van der Waals surface area (Å²) in [7, 11) is 0. The summed E-state index contributed by atoms with van der Waals surface area (Å²) in [6.07, 6.45) is 3.29. The summed E-state index contributed by atoms with van der Waals surface area (Å²) >= 11 is 0. The highest BCUT2D eigenvalue weighted by Crippen LogP contribution is 2.13. The van der Waals surface area contributed by atoms with E-state index in [1.54, 1.807) is 12.4 Å². The van der Waals surface area contributed by atoms with E-state index in [9.17, 15) is 4.79 Å². The highest BCUT2D eigenvalue weighted by atomic mass is 16.1. The number of benzene rings is 1. The van der Waals surface area contributed by atoms with Crippen molar-refractivity contribution in [1.82, 2.24) is 10.3 Å². The van der Waals surface area contributed by atoms with Crippen LogP contribution < -0.4 is 5.32 Å². The number of carbonyl (C=O) groups is 1. The SMILES string of the molecule is Cc1ccncc1C(=O)NC(C)c1ccccc1. The van der Waals surface area contributed by atoms with Gasteiger partial charge in [0.05, 0.1) is 11.6 Å². The molecule has 2 aromatic rings. The van der Waals surface area contributed by atoms with E-state index in [2.05, 4.69) is 10.3 Å². The van der Waals surface area contributed by atoms with E-state index < -0.39 is 0 Å². The molecule has 1 amide bonds. The van der Waals surface area contributed by atoms with Crippen molar-refractivity contribution in [2.75, 3.05) is 0 Å². The first kappa shape index (κ1) is 12.3. The third kappa shape index (κ3) is 2.74. The minimum Gasteiger partial charge on any atom is -0.345 e. The van der Waals surface area contributed by atoms with Crippen LogP contribution in [-0.4, -0.2) is 10.9 Å². The number of aryl methyl sites for hydroxylation is 1. The molecule has 0 aliphatic rings. The molecule has 1 N–H and O–H groups in total. The third-order valence-corrected chi connectivity index (χ3v) is 2.93. The maximum Gasteiger partial charge on any atom is 0.253 e. The van der Waals surface area contributed by atoms with Gasteiger partial charge in [-0.1, -0.05) is 30.3 Å². The van der Waals surface area contributed by atoms with Crippen molar-refractivity contribution in [3.05, 3.63) is 65.5 Å². The van der Waals surface area contributed by atoms with Crippen LogP contribution in [0.15, 0.2) is 48.8 Å². The maximum atomic E-state index is 12.1. The van der Waals surface area contributed by atoms with Gasteiger partial charge in [0.2, 0.25) is 0 Å². The van der Waals surface area contributed by atoms with Crippen LogP contribution in [0.5, 0.6) is 0 Å². The van der Waals surface area contributed by atoms with Crippen LogP contribution >= 0.6 is 0 Å². The Morgan fingerprint density at radius 3 is 2.61 bits per heavy atom. The van der Waals surface area contributed by atoms with Gasteiger partial charge in [-0.25, -0.2) is 0 Å². The normalized spacial score (nSPS) is 11.9. The fourth-order valence-corrected chi connectivity index (χ4v) is 1.80. The summed E-state index contributed by atoms with van der Waals surface area (Å²) in [6, 6.07) is 11.7. The van der Waals surface area contributed by atoms with E-state index in [0.29, 0.717) is 5.56 Å². The van der Waals surface area contributed by atoms with Crippen LogP contribution in [0.3, 0.4) is 0 Å². The van der Waals surface area contributed by atoms with Gasteiger partial charge < -0.3 is 5.32 Å². The number of pyridine rings is 1. The second-order valence-electron chi connectivity index (χ2n) is 4.30. The van der Waals surface area contributed by atoms with E-state index in [1.807, 2.05) is 50.2 Å². The van der Waals surface area contributed by atoms with Gasteiger partial charge in [-0.3, -0.25) is 9.78 Å². The number of carbonyl (C=O) groups excluding carboxylic acids is 1. The molecule has 1 aromatic heterocycles. The molecule has 1 heterocycles. The van der Waals surface area contributed by atoms with Crippen molar-refractivity contribution in [2.24, 2.45) is 0 Å². The minimum atomic E-state index is -0.0862. The molecule has 3 heteroatoms. The Morgan fingerprint density at radius 2 is 1.94 bits per heavy atom. The predicted molar refractivity (Wildman–Crippen MR) is 71.3 cm³/mol. The van der Waals surface area contributed by atoms with Crippen LogP contribution in [0.2, 0.25) is 0 Å². The zero-order valence-electron chi connectivity index (χ0n) is 10.6. The molecule has 0 saturated heterocycles. The fraction of sp³-hybridized carbons (Fsp3) is 0.200. The maximum absolute atomic E-state index is 12.1. The highest BCUT2D eigenvalue weighted by Gasteiger charge is 2.12. The molecule has 1 unspecified atom stereocenters. The molecule has 0 aliphatic carbocycles. The van der Waals surface area contributed by atoms with Crippen LogP contribution in [0.25, 0.3) is 0 Å². The van der Waals surface area contributed by atoms with Gasteiger partial charge in [-0.2, -0.15) is 0 Å². The number of hydrogen-bond donors (Lipinski definition) is 1. The van der Waals surface area contributed by atoms with Crippen LogP contribution in [0.1, 0.15) is 34.5 Å². The standard InChI is InChI=1S/C15H16N2O/c1-11-8-9-16-10-14(11)15(18)17-12(2)13-6-4-3-5-7-13/h3-10,12H,1-2H3,(H,17,18). The molecule has 2 rings (SSSR count). The fourth-order valence-electron chi connectivity index (χ4n) is 1.80. The van der Waals surface area contributed by atoms with Crippen molar-refractivity contribution in [1.29, 1.82) is 0 Å². The Balaban J connectivity index is 2.11. The Hall–Kier alpha value is -2.16. The Labute approximate surface area is 107 Å². The summed E-state index contributed by atoms with van der Waals surface area (Å²) in [4.78, 5) is 16.1. The van der Waals surface area contributed by atoms with Gasteiger partial charge in [-0.15, -0.1) is 0 Å². The molecule has 0 radical (unpaired) electrons. The topological polar surface area (TPSA) is 42.0 Å². The molecule has 0 saturated carbocycles. The largest absolute Gasteiger partial charge is 0.345 e. The molecule has 92 valence electrons. The molecule has 0 bridgehead atoms. The first-order valence-corrected chi connectivity index (χ1v) is 5.95. The average molecular weight is 240 g/mol. The number of amides is 1. The third-order valence-electron chi connectivity index (χ3n) is 2.93. The van der Waals surface area contributed by atoms with E-state index >= 15 is 0 Å². The first-order valence-electron chi connectivity index (χ1n) is 5.95. The molecular weight excluding hydrogens is 224 g/mol. The monoisotopic (exact) mass is 240 g/mol.